The number of rotatable bonds is 9. The lowest BCUT2D eigenvalue weighted by Gasteiger charge is -2.19. The van der Waals surface area contributed by atoms with Gasteiger partial charge >= 0.3 is 0 Å². The monoisotopic (exact) mass is 388 g/mol. The predicted molar refractivity (Wildman–Crippen MR) is 142 cm³/mol. The first-order chi connectivity index (χ1) is 7.70. The summed E-state index contributed by atoms with van der Waals surface area (Å²) in [4.78, 5) is 1.80. The quantitative estimate of drug-likeness (QED) is 0.310. The Morgan fingerprint density at radius 1 is 0.846 bits per heavy atom. The SMILES string of the molecule is C.C.C.C.C.C.C.C.C.C.CC.[B]N(CCNC)CNCC(C)CCC. The second-order valence-electron chi connectivity index (χ2n) is 3.92. The topological polar surface area (TPSA) is 27.3 Å². The largest absolute Gasteiger partial charge is 0.341 e. The number of hydrogen-bond acceptors (Lipinski definition) is 3. The minimum Gasteiger partial charge on any atom is -0.341 e. The van der Waals surface area contributed by atoms with Gasteiger partial charge in [0.15, 0.2) is 7.98 Å². The van der Waals surface area contributed by atoms with Crippen molar-refractivity contribution in [3.05, 3.63) is 0 Å². The minimum absolute atomic E-state index is 0. The molecule has 0 aromatic carbocycles. The third kappa shape index (κ3) is 75.2. The van der Waals surface area contributed by atoms with E-state index >= 15 is 0 Å². The van der Waals surface area contributed by atoms with Crippen LogP contribution in [0.25, 0.3) is 0 Å². The molecule has 0 bridgehead atoms. The average molecular weight is 388 g/mol. The van der Waals surface area contributed by atoms with Gasteiger partial charge in [0.05, 0.1) is 0 Å². The van der Waals surface area contributed by atoms with E-state index < -0.39 is 0 Å². The van der Waals surface area contributed by atoms with E-state index in [0.717, 1.165) is 32.2 Å². The molecule has 2 radical (unpaired) electrons. The Balaban J connectivity index is -0.0000000157. The lowest BCUT2D eigenvalue weighted by atomic mass is 10.1. The van der Waals surface area contributed by atoms with E-state index in [4.69, 9.17) is 7.98 Å². The molecule has 0 aliphatic heterocycles. The van der Waals surface area contributed by atoms with Crippen LogP contribution in [-0.2, 0) is 0 Å². The van der Waals surface area contributed by atoms with Gasteiger partial charge in [-0.15, -0.1) is 0 Å². The molecule has 0 saturated carbocycles. The molecular formula is C22H70BN3. The predicted octanol–water partition coefficient (Wildman–Crippen LogP) is 7.96. The van der Waals surface area contributed by atoms with Crippen molar-refractivity contribution in [1.82, 2.24) is 15.4 Å². The van der Waals surface area contributed by atoms with Crippen molar-refractivity contribution in [2.75, 3.05) is 33.4 Å². The Morgan fingerprint density at radius 2 is 1.23 bits per heavy atom. The van der Waals surface area contributed by atoms with Gasteiger partial charge in [-0.2, -0.15) is 0 Å². The van der Waals surface area contributed by atoms with Crippen LogP contribution in [0.3, 0.4) is 0 Å². The van der Waals surface area contributed by atoms with Gasteiger partial charge in [0.1, 0.15) is 0 Å². The van der Waals surface area contributed by atoms with Crippen molar-refractivity contribution >= 4 is 7.98 Å². The van der Waals surface area contributed by atoms with Gasteiger partial charge in [-0.05, 0) is 32.5 Å². The molecule has 4 heteroatoms. The molecule has 0 amide bonds. The fourth-order valence-corrected chi connectivity index (χ4v) is 1.38. The van der Waals surface area contributed by atoms with Crippen LogP contribution in [0.5, 0.6) is 0 Å². The molecule has 0 saturated heterocycles. The average Bonchev–Trinajstić information content (AvgIpc) is 2.29. The van der Waals surface area contributed by atoms with Gasteiger partial charge in [-0.3, -0.25) is 0 Å². The highest BCUT2D eigenvalue weighted by Crippen LogP contribution is 2.02. The number of hydrogen-bond donors (Lipinski definition) is 2. The molecule has 0 spiro atoms. The van der Waals surface area contributed by atoms with Gasteiger partial charge in [0, 0.05) is 13.2 Å². The highest BCUT2D eigenvalue weighted by Gasteiger charge is 2.00. The van der Waals surface area contributed by atoms with Crippen LogP contribution < -0.4 is 10.6 Å². The third-order valence-electron chi connectivity index (χ3n) is 2.24. The second kappa shape index (κ2) is 73.5. The first-order valence-corrected chi connectivity index (χ1v) is 6.55. The van der Waals surface area contributed by atoms with Crippen molar-refractivity contribution in [2.24, 2.45) is 5.92 Å². The molecule has 0 aliphatic rings. The van der Waals surface area contributed by atoms with E-state index in [-0.39, 0.29) is 74.3 Å². The van der Waals surface area contributed by atoms with Crippen LogP contribution in [0, 0.1) is 5.92 Å². The molecule has 3 nitrogen and oxygen atoms in total. The normalized spacial score (nSPS) is 7.46. The van der Waals surface area contributed by atoms with Crippen molar-refractivity contribution in [3.63, 3.8) is 0 Å². The number of nitrogens with one attached hydrogen (secondary N) is 2. The molecule has 0 aromatic rings. The summed E-state index contributed by atoms with van der Waals surface area (Å²) >= 11 is 0. The van der Waals surface area contributed by atoms with Crippen LogP contribution in [0.15, 0.2) is 0 Å². The first-order valence-electron chi connectivity index (χ1n) is 6.55. The summed E-state index contributed by atoms with van der Waals surface area (Å²) in [5, 5.41) is 6.42. The number of nitrogens with zero attached hydrogens (tertiary/aromatic N) is 1. The lowest BCUT2D eigenvalue weighted by Crippen LogP contribution is -2.37. The van der Waals surface area contributed by atoms with E-state index in [0.29, 0.717) is 0 Å². The summed E-state index contributed by atoms with van der Waals surface area (Å²) in [6, 6.07) is 0. The highest BCUT2D eigenvalue weighted by molar-refractivity contribution is 6.04. The highest BCUT2D eigenvalue weighted by atomic mass is 15.2. The molecule has 1 atom stereocenters. The zero-order valence-electron chi connectivity index (χ0n) is 11.8. The van der Waals surface area contributed by atoms with Crippen molar-refractivity contribution < 1.29 is 0 Å². The fraction of sp³-hybridized carbons (Fsp3) is 1.00. The zero-order chi connectivity index (χ0) is 12.8. The third-order valence-corrected chi connectivity index (χ3v) is 2.24. The molecule has 1 unspecified atom stereocenters. The van der Waals surface area contributed by atoms with Crippen LogP contribution in [-0.4, -0.2) is 46.1 Å². The van der Waals surface area contributed by atoms with Crippen molar-refractivity contribution in [1.29, 1.82) is 0 Å². The van der Waals surface area contributed by atoms with Crippen LogP contribution in [0.4, 0.5) is 0 Å². The van der Waals surface area contributed by atoms with Gasteiger partial charge in [0.25, 0.3) is 0 Å². The summed E-state index contributed by atoms with van der Waals surface area (Å²) in [5.41, 5.74) is 0. The smallest absolute Gasteiger partial charge is 0.184 e. The Morgan fingerprint density at radius 3 is 1.54 bits per heavy atom. The maximum absolute atomic E-state index is 5.75. The van der Waals surface area contributed by atoms with Gasteiger partial charge in [-0.25, -0.2) is 0 Å². The summed E-state index contributed by atoms with van der Waals surface area (Å²) in [7, 11) is 7.69. The van der Waals surface area contributed by atoms with Crippen molar-refractivity contribution in [3.8, 4) is 0 Å². The summed E-state index contributed by atoms with van der Waals surface area (Å²) in [5.74, 6) is 0.748. The molecule has 0 aromatic heterocycles. The molecular weight excluding hydrogens is 317 g/mol. The van der Waals surface area contributed by atoms with Gasteiger partial charge in [-0.1, -0.05) is 108 Å². The Bertz CT molecular complexity index is 126. The summed E-state index contributed by atoms with van der Waals surface area (Å²) in [6.07, 6.45) is 2.54. The Hall–Kier alpha value is -0.0551. The fourth-order valence-electron chi connectivity index (χ4n) is 1.38. The first kappa shape index (κ1) is 83.0. The van der Waals surface area contributed by atoms with E-state index in [1.54, 1.807) is 4.81 Å². The minimum atomic E-state index is 0. The number of likely N-dealkylation sites (N-methyl/N-ethyl adjacent to an activating group) is 1. The maximum Gasteiger partial charge on any atom is 0.184 e. The van der Waals surface area contributed by atoms with E-state index in [1.807, 2.05) is 20.9 Å². The standard InChI is InChI=1S/C10H24BN3.C2H6.10CH4/c1-4-5-10(2)8-13-9-14(11)7-6-12-3;1-2;;;;;;;;;;/h10,12-13H,4-9H2,1-3H3;1-2H3;10*1H4. The Kier molecular flexibility index (Phi) is 235. The van der Waals surface area contributed by atoms with Crippen LogP contribution >= 0.6 is 0 Å². The molecule has 0 heterocycles. The molecule has 2 N–H and O–H groups in total. The van der Waals surface area contributed by atoms with Gasteiger partial charge in [0.2, 0.25) is 0 Å². The van der Waals surface area contributed by atoms with Crippen LogP contribution in [0.1, 0.15) is 115 Å². The maximum atomic E-state index is 5.75. The Labute approximate surface area is 178 Å². The lowest BCUT2D eigenvalue weighted by molar-refractivity contribution is 0.377. The molecule has 176 valence electrons. The van der Waals surface area contributed by atoms with Crippen molar-refractivity contribution in [2.45, 2.75) is 115 Å². The van der Waals surface area contributed by atoms with E-state index in [1.165, 1.54) is 12.8 Å². The molecule has 0 fully saturated rings. The van der Waals surface area contributed by atoms with Crippen LogP contribution in [0.2, 0.25) is 0 Å². The zero-order valence-corrected chi connectivity index (χ0v) is 11.8. The van der Waals surface area contributed by atoms with E-state index in [9.17, 15) is 0 Å². The summed E-state index contributed by atoms with van der Waals surface area (Å²) < 4.78 is 0. The van der Waals surface area contributed by atoms with E-state index in [2.05, 4.69) is 24.5 Å². The molecule has 0 aliphatic carbocycles. The summed E-state index contributed by atoms with van der Waals surface area (Å²) in [6.45, 7) is 12.1. The molecule has 0 rings (SSSR count). The second-order valence-corrected chi connectivity index (χ2v) is 3.92. The van der Waals surface area contributed by atoms with Gasteiger partial charge < -0.3 is 15.4 Å². The molecule has 26 heavy (non-hydrogen) atoms.